The Hall–Kier alpha value is -2.09. The van der Waals surface area contributed by atoms with E-state index in [0.29, 0.717) is 31.9 Å². The third kappa shape index (κ3) is 3.70. The van der Waals surface area contributed by atoms with Gasteiger partial charge in [-0.05, 0) is 6.92 Å². The Balaban J connectivity index is 1.81. The van der Waals surface area contributed by atoms with Crippen molar-refractivity contribution in [2.24, 2.45) is 0 Å². The third-order valence-corrected chi connectivity index (χ3v) is 3.23. The summed E-state index contributed by atoms with van der Waals surface area (Å²) in [6, 6.07) is -0.171. The molecule has 1 aromatic rings. The quantitative estimate of drug-likeness (QED) is 0.819. The number of urea groups is 1. The zero-order chi connectivity index (χ0) is 14.5. The van der Waals surface area contributed by atoms with E-state index in [1.165, 1.54) is 0 Å². The number of carboxylic acid groups (broad SMARTS) is 1. The monoisotopic (exact) mass is 281 g/mol. The molecule has 8 heteroatoms. The summed E-state index contributed by atoms with van der Waals surface area (Å²) in [7, 11) is 0. The molecule has 2 N–H and O–H groups in total. The van der Waals surface area contributed by atoms with Gasteiger partial charge in [0.05, 0.1) is 18.4 Å². The Morgan fingerprint density at radius 1 is 1.35 bits per heavy atom. The summed E-state index contributed by atoms with van der Waals surface area (Å²) in [4.78, 5) is 26.2. The summed E-state index contributed by atoms with van der Waals surface area (Å²) in [5.74, 6) is -0.838. The highest BCUT2D eigenvalue weighted by Gasteiger charge is 2.22. The topological polar surface area (TPSA) is 90.7 Å². The summed E-state index contributed by atoms with van der Waals surface area (Å²) in [6.45, 7) is 4.96. The smallest absolute Gasteiger partial charge is 0.322 e. The number of carbonyl (C=O) groups is 2. The number of rotatable bonds is 4. The zero-order valence-electron chi connectivity index (χ0n) is 11.4. The van der Waals surface area contributed by atoms with Crippen molar-refractivity contribution in [1.29, 1.82) is 0 Å². The van der Waals surface area contributed by atoms with Crippen molar-refractivity contribution in [1.82, 2.24) is 19.6 Å². The van der Waals surface area contributed by atoms with Gasteiger partial charge >= 0.3 is 12.0 Å². The molecule has 1 aromatic heterocycles. The second kappa shape index (κ2) is 6.38. The molecule has 1 aliphatic heterocycles. The van der Waals surface area contributed by atoms with Crippen molar-refractivity contribution in [3.05, 3.63) is 12.4 Å². The van der Waals surface area contributed by atoms with Gasteiger partial charge in [0.2, 0.25) is 0 Å². The fourth-order valence-corrected chi connectivity index (χ4v) is 2.10. The lowest BCUT2D eigenvalue weighted by Gasteiger charge is -2.33. The standard InChI is InChI=1S/C12H19N5O3/c1-2-17-8-10(7-13-17)14-12(20)16-5-3-15(4-6-16)9-11(18)19/h7-8H,2-6,9H2,1H3,(H,14,20)(H,18,19). The first-order valence-electron chi connectivity index (χ1n) is 6.61. The van der Waals surface area contributed by atoms with Crippen LogP contribution in [0.4, 0.5) is 10.5 Å². The number of hydrogen-bond acceptors (Lipinski definition) is 4. The van der Waals surface area contributed by atoms with Crippen molar-refractivity contribution in [2.75, 3.05) is 38.0 Å². The summed E-state index contributed by atoms with van der Waals surface area (Å²) in [6.07, 6.45) is 3.39. The molecule has 8 nitrogen and oxygen atoms in total. The molecule has 2 heterocycles. The number of aliphatic carboxylic acids is 1. The van der Waals surface area contributed by atoms with Crippen molar-refractivity contribution in [2.45, 2.75) is 13.5 Å². The Kier molecular flexibility index (Phi) is 4.57. The molecular formula is C12H19N5O3. The van der Waals surface area contributed by atoms with Gasteiger partial charge in [-0.25, -0.2) is 4.79 Å². The minimum atomic E-state index is -0.838. The molecular weight excluding hydrogens is 262 g/mol. The molecule has 0 aliphatic carbocycles. The van der Waals surface area contributed by atoms with Crippen LogP contribution in [0.3, 0.4) is 0 Å². The highest BCUT2D eigenvalue weighted by Crippen LogP contribution is 2.08. The number of carboxylic acids is 1. The first-order valence-corrected chi connectivity index (χ1v) is 6.61. The largest absolute Gasteiger partial charge is 0.480 e. The van der Waals surface area contributed by atoms with Crippen LogP contribution >= 0.6 is 0 Å². The molecule has 0 spiro atoms. The summed E-state index contributed by atoms with van der Waals surface area (Å²) >= 11 is 0. The fraction of sp³-hybridized carbons (Fsp3) is 0.583. The highest BCUT2D eigenvalue weighted by molar-refractivity contribution is 5.89. The van der Waals surface area contributed by atoms with E-state index in [9.17, 15) is 9.59 Å². The molecule has 0 atom stereocenters. The Labute approximate surface area is 117 Å². The van der Waals surface area contributed by atoms with Crippen LogP contribution in [-0.2, 0) is 11.3 Å². The minimum absolute atomic E-state index is 0.0265. The maximum Gasteiger partial charge on any atom is 0.322 e. The number of carbonyl (C=O) groups excluding carboxylic acids is 1. The average Bonchev–Trinajstić information content (AvgIpc) is 2.86. The second-order valence-corrected chi connectivity index (χ2v) is 4.67. The molecule has 0 aromatic carbocycles. The summed E-state index contributed by atoms with van der Waals surface area (Å²) < 4.78 is 1.74. The number of anilines is 1. The second-order valence-electron chi connectivity index (χ2n) is 4.67. The Morgan fingerprint density at radius 2 is 2.05 bits per heavy atom. The van der Waals surface area contributed by atoms with E-state index in [2.05, 4.69) is 10.4 Å². The van der Waals surface area contributed by atoms with Crippen LogP contribution < -0.4 is 5.32 Å². The fourth-order valence-electron chi connectivity index (χ4n) is 2.10. The van der Waals surface area contributed by atoms with Crippen LogP contribution in [0.25, 0.3) is 0 Å². The van der Waals surface area contributed by atoms with E-state index in [0.717, 1.165) is 6.54 Å². The minimum Gasteiger partial charge on any atom is -0.480 e. The number of amides is 2. The molecule has 110 valence electrons. The van der Waals surface area contributed by atoms with Crippen molar-refractivity contribution < 1.29 is 14.7 Å². The molecule has 1 saturated heterocycles. The van der Waals surface area contributed by atoms with E-state index < -0.39 is 5.97 Å². The molecule has 0 bridgehead atoms. The average molecular weight is 281 g/mol. The van der Waals surface area contributed by atoms with Gasteiger partial charge in [-0.3, -0.25) is 14.4 Å². The van der Waals surface area contributed by atoms with E-state index in [4.69, 9.17) is 5.11 Å². The molecule has 2 rings (SSSR count). The van der Waals surface area contributed by atoms with E-state index in [1.807, 2.05) is 11.8 Å². The van der Waals surface area contributed by atoms with Crippen LogP contribution in [0.5, 0.6) is 0 Å². The van der Waals surface area contributed by atoms with Crippen LogP contribution in [0.2, 0.25) is 0 Å². The lowest BCUT2D eigenvalue weighted by Crippen LogP contribution is -2.51. The Morgan fingerprint density at radius 3 is 2.60 bits per heavy atom. The summed E-state index contributed by atoms with van der Waals surface area (Å²) in [5, 5.41) is 15.6. The molecule has 2 amide bonds. The number of nitrogens with one attached hydrogen (secondary N) is 1. The molecule has 0 saturated carbocycles. The number of hydrogen-bond donors (Lipinski definition) is 2. The van der Waals surface area contributed by atoms with Crippen LogP contribution in [0, 0.1) is 0 Å². The normalized spacial score (nSPS) is 16.1. The predicted octanol–water partition coefficient (Wildman–Crippen LogP) is 0.137. The van der Waals surface area contributed by atoms with Gasteiger partial charge in [-0.15, -0.1) is 0 Å². The molecule has 1 fully saturated rings. The van der Waals surface area contributed by atoms with Crippen molar-refractivity contribution in [3.8, 4) is 0 Å². The predicted molar refractivity (Wildman–Crippen MR) is 72.6 cm³/mol. The van der Waals surface area contributed by atoms with Crippen LogP contribution in [0.15, 0.2) is 12.4 Å². The van der Waals surface area contributed by atoms with Crippen molar-refractivity contribution >= 4 is 17.7 Å². The number of aromatic nitrogens is 2. The lowest BCUT2D eigenvalue weighted by molar-refractivity contribution is -0.138. The van der Waals surface area contributed by atoms with Crippen LogP contribution in [0.1, 0.15) is 6.92 Å². The van der Waals surface area contributed by atoms with Gasteiger partial charge in [0.25, 0.3) is 0 Å². The molecule has 0 radical (unpaired) electrons. The molecule has 1 aliphatic rings. The highest BCUT2D eigenvalue weighted by atomic mass is 16.4. The number of piperazine rings is 1. The van der Waals surface area contributed by atoms with Gasteiger partial charge in [-0.1, -0.05) is 0 Å². The van der Waals surface area contributed by atoms with Gasteiger partial charge in [-0.2, -0.15) is 5.10 Å². The maximum atomic E-state index is 12.0. The number of nitrogens with zero attached hydrogens (tertiary/aromatic N) is 4. The van der Waals surface area contributed by atoms with Gasteiger partial charge in [0, 0.05) is 38.9 Å². The zero-order valence-corrected chi connectivity index (χ0v) is 11.4. The number of aryl methyl sites for hydroxylation is 1. The molecule has 0 unspecified atom stereocenters. The van der Waals surface area contributed by atoms with E-state index in [1.54, 1.807) is 22.0 Å². The van der Waals surface area contributed by atoms with Gasteiger partial charge in [0.1, 0.15) is 0 Å². The summed E-state index contributed by atoms with van der Waals surface area (Å²) in [5.41, 5.74) is 0.671. The van der Waals surface area contributed by atoms with Gasteiger partial charge < -0.3 is 15.3 Å². The van der Waals surface area contributed by atoms with E-state index >= 15 is 0 Å². The third-order valence-electron chi connectivity index (χ3n) is 3.23. The van der Waals surface area contributed by atoms with Crippen molar-refractivity contribution in [3.63, 3.8) is 0 Å². The SMILES string of the molecule is CCn1cc(NC(=O)N2CCN(CC(=O)O)CC2)cn1. The Bertz CT molecular complexity index is 479. The first-order chi connectivity index (χ1) is 9.58. The lowest BCUT2D eigenvalue weighted by atomic mass is 10.3. The molecule has 20 heavy (non-hydrogen) atoms. The van der Waals surface area contributed by atoms with Gasteiger partial charge in [0.15, 0.2) is 0 Å². The maximum absolute atomic E-state index is 12.0. The van der Waals surface area contributed by atoms with Crippen LogP contribution in [-0.4, -0.2) is 69.4 Å². The van der Waals surface area contributed by atoms with E-state index in [-0.39, 0.29) is 12.6 Å². The first kappa shape index (κ1) is 14.3.